The quantitative estimate of drug-likeness (QED) is 0.759. The lowest BCUT2D eigenvalue weighted by molar-refractivity contribution is -0.00194. The van der Waals surface area contributed by atoms with Gasteiger partial charge in [-0.25, -0.2) is 8.78 Å². The van der Waals surface area contributed by atoms with Crippen molar-refractivity contribution >= 4 is 11.6 Å². The van der Waals surface area contributed by atoms with E-state index >= 15 is 0 Å². The van der Waals surface area contributed by atoms with E-state index in [0.29, 0.717) is 6.07 Å². The molecule has 0 aliphatic heterocycles. The topological polar surface area (TPSA) is 40.5 Å². The number of rotatable bonds is 3. The predicted molar refractivity (Wildman–Crippen MR) is 48.1 cm³/mol. The molecule has 1 atom stereocenters. The molecule has 78 valence electrons. The molecule has 5 heteroatoms. The van der Waals surface area contributed by atoms with Gasteiger partial charge in [0.25, 0.3) is 0 Å². The smallest absolute Gasteiger partial charge is 0.132 e. The van der Waals surface area contributed by atoms with E-state index in [4.69, 9.17) is 16.7 Å². The third-order valence-electron chi connectivity index (χ3n) is 1.92. The molecule has 14 heavy (non-hydrogen) atoms. The monoisotopic (exact) mass is 222 g/mol. The van der Waals surface area contributed by atoms with Gasteiger partial charge >= 0.3 is 0 Å². The molecule has 0 unspecified atom stereocenters. The first kappa shape index (κ1) is 11.4. The first-order chi connectivity index (χ1) is 6.53. The molecule has 0 aliphatic carbocycles. The van der Waals surface area contributed by atoms with Crippen molar-refractivity contribution in [2.24, 2.45) is 0 Å². The van der Waals surface area contributed by atoms with Crippen LogP contribution in [-0.4, -0.2) is 22.7 Å². The van der Waals surface area contributed by atoms with Crippen LogP contribution >= 0.6 is 11.6 Å². The third-order valence-corrected chi connectivity index (χ3v) is 2.36. The van der Waals surface area contributed by atoms with Crippen molar-refractivity contribution in [3.63, 3.8) is 0 Å². The lowest BCUT2D eigenvalue weighted by Crippen LogP contribution is -2.33. The first-order valence-corrected chi connectivity index (χ1v) is 4.41. The normalized spacial score (nSPS) is 15.2. The molecule has 1 aromatic carbocycles. The van der Waals surface area contributed by atoms with Crippen molar-refractivity contribution in [1.29, 1.82) is 0 Å². The third kappa shape index (κ3) is 2.03. The highest BCUT2D eigenvalue weighted by molar-refractivity contribution is 6.18. The Morgan fingerprint density at radius 1 is 1.36 bits per heavy atom. The van der Waals surface area contributed by atoms with Crippen molar-refractivity contribution in [3.05, 3.63) is 35.4 Å². The van der Waals surface area contributed by atoms with Gasteiger partial charge < -0.3 is 10.2 Å². The maximum absolute atomic E-state index is 13.1. The molecule has 0 bridgehead atoms. The number of aliphatic hydroxyl groups is 2. The van der Waals surface area contributed by atoms with Crippen LogP contribution in [0.5, 0.6) is 0 Å². The number of aliphatic hydroxyl groups excluding tert-OH is 1. The molecule has 0 saturated carbocycles. The van der Waals surface area contributed by atoms with Gasteiger partial charge in [-0.1, -0.05) is 6.07 Å². The summed E-state index contributed by atoms with van der Waals surface area (Å²) in [6.45, 7) is -0.723. The molecule has 0 fully saturated rings. The SMILES string of the molecule is OC[C@@](O)(CCl)c1ccc(F)cc1F. The molecule has 0 amide bonds. The van der Waals surface area contributed by atoms with Crippen LogP contribution in [0.2, 0.25) is 0 Å². The van der Waals surface area contributed by atoms with E-state index in [-0.39, 0.29) is 11.4 Å². The summed E-state index contributed by atoms with van der Waals surface area (Å²) in [4.78, 5) is 0. The van der Waals surface area contributed by atoms with Gasteiger partial charge in [-0.3, -0.25) is 0 Å². The fourth-order valence-corrected chi connectivity index (χ4v) is 1.29. The largest absolute Gasteiger partial charge is 0.393 e. The standard InChI is InChI=1S/C9H9ClF2O2/c10-4-9(14,5-13)7-2-1-6(11)3-8(7)12/h1-3,13-14H,4-5H2/t9-/m0/s1. The van der Waals surface area contributed by atoms with Crippen LogP contribution in [0, 0.1) is 11.6 Å². The molecule has 0 saturated heterocycles. The Bertz CT molecular complexity index is 327. The molecule has 0 radical (unpaired) electrons. The fraction of sp³-hybridized carbons (Fsp3) is 0.333. The first-order valence-electron chi connectivity index (χ1n) is 3.88. The zero-order chi connectivity index (χ0) is 10.8. The number of hydrogen-bond donors (Lipinski definition) is 2. The van der Waals surface area contributed by atoms with Crippen LogP contribution in [0.25, 0.3) is 0 Å². The van der Waals surface area contributed by atoms with E-state index in [2.05, 4.69) is 0 Å². The van der Waals surface area contributed by atoms with Crippen LogP contribution in [-0.2, 0) is 5.60 Å². The Labute approximate surface area is 84.7 Å². The average Bonchev–Trinajstić information content (AvgIpc) is 2.17. The average molecular weight is 223 g/mol. The van der Waals surface area contributed by atoms with Crippen LogP contribution in [0.1, 0.15) is 5.56 Å². The summed E-state index contributed by atoms with van der Waals surface area (Å²) in [5.41, 5.74) is -2.07. The zero-order valence-corrected chi connectivity index (χ0v) is 7.93. The molecule has 1 rings (SSSR count). The fourth-order valence-electron chi connectivity index (χ4n) is 1.07. The molecule has 2 N–H and O–H groups in total. The van der Waals surface area contributed by atoms with Crippen molar-refractivity contribution < 1.29 is 19.0 Å². The summed E-state index contributed by atoms with van der Waals surface area (Å²) in [7, 11) is 0. The van der Waals surface area contributed by atoms with Crippen molar-refractivity contribution in [1.82, 2.24) is 0 Å². The van der Waals surface area contributed by atoms with E-state index in [1.165, 1.54) is 0 Å². The lowest BCUT2D eigenvalue weighted by atomic mass is 9.96. The van der Waals surface area contributed by atoms with Gasteiger partial charge in [0.15, 0.2) is 0 Å². The summed E-state index contributed by atoms with van der Waals surface area (Å²) in [6, 6.07) is 2.68. The van der Waals surface area contributed by atoms with E-state index in [9.17, 15) is 13.9 Å². The van der Waals surface area contributed by atoms with Gasteiger partial charge in [0.05, 0.1) is 12.5 Å². The molecule has 0 aromatic heterocycles. The molecule has 0 spiro atoms. The van der Waals surface area contributed by atoms with E-state index in [0.717, 1.165) is 12.1 Å². The molecule has 0 heterocycles. The van der Waals surface area contributed by atoms with Crippen LogP contribution in [0.3, 0.4) is 0 Å². The van der Waals surface area contributed by atoms with Gasteiger partial charge in [0.2, 0.25) is 0 Å². The van der Waals surface area contributed by atoms with Crippen molar-refractivity contribution in [2.45, 2.75) is 5.60 Å². The van der Waals surface area contributed by atoms with Gasteiger partial charge in [0, 0.05) is 11.6 Å². The van der Waals surface area contributed by atoms with Crippen LogP contribution < -0.4 is 0 Å². The van der Waals surface area contributed by atoms with Crippen molar-refractivity contribution in [3.8, 4) is 0 Å². The summed E-state index contributed by atoms with van der Waals surface area (Å²) < 4.78 is 25.7. The van der Waals surface area contributed by atoms with Gasteiger partial charge in [0.1, 0.15) is 17.2 Å². The molecule has 1 aromatic rings. The second kappa shape index (κ2) is 4.21. The number of hydrogen-bond acceptors (Lipinski definition) is 2. The van der Waals surface area contributed by atoms with Crippen LogP contribution in [0.4, 0.5) is 8.78 Å². The van der Waals surface area contributed by atoms with Crippen LogP contribution in [0.15, 0.2) is 18.2 Å². The minimum absolute atomic E-state index is 0.212. The summed E-state index contributed by atoms with van der Waals surface area (Å²) >= 11 is 5.38. The lowest BCUT2D eigenvalue weighted by Gasteiger charge is -2.23. The molecule has 2 nitrogen and oxygen atoms in total. The maximum Gasteiger partial charge on any atom is 0.132 e. The predicted octanol–water partition coefficient (Wildman–Crippen LogP) is 1.38. The summed E-state index contributed by atoms with van der Waals surface area (Å²) in [5, 5.41) is 18.5. The molecular weight excluding hydrogens is 214 g/mol. The Hall–Kier alpha value is -0.710. The number of benzene rings is 1. The summed E-state index contributed by atoms with van der Waals surface area (Å²) in [6.07, 6.45) is 0. The maximum atomic E-state index is 13.1. The minimum atomic E-state index is -1.86. The number of alkyl halides is 1. The minimum Gasteiger partial charge on any atom is -0.393 e. The molecular formula is C9H9ClF2O2. The highest BCUT2D eigenvalue weighted by atomic mass is 35.5. The zero-order valence-electron chi connectivity index (χ0n) is 7.17. The Morgan fingerprint density at radius 3 is 2.43 bits per heavy atom. The van der Waals surface area contributed by atoms with Gasteiger partial charge in [-0.15, -0.1) is 11.6 Å². The number of halogens is 3. The van der Waals surface area contributed by atoms with E-state index in [1.807, 2.05) is 0 Å². The Morgan fingerprint density at radius 2 is 2.00 bits per heavy atom. The van der Waals surface area contributed by atoms with Crippen molar-refractivity contribution in [2.75, 3.05) is 12.5 Å². The second-order valence-corrected chi connectivity index (χ2v) is 3.21. The Kier molecular flexibility index (Phi) is 3.42. The Balaban J connectivity index is 3.17. The van der Waals surface area contributed by atoms with E-state index in [1.54, 1.807) is 0 Å². The second-order valence-electron chi connectivity index (χ2n) is 2.95. The van der Waals surface area contributed by atoms with E-state index < -0.39 is 23.8 Å². The summed E-state index contributed by atoms with van der Waals surface area (Å²) in [5.74, 6) is -2.05. The van der Waals surface area contributed by atoms with Gasteiger partial charge in [-0.05, 0) is 6.07 Å². The highest BCUT2D eigenvalue weighted by Gasteiger charge is 2.30. The van der Waals surface area contributed by atoms with Gasteiger partial charge in [-0.2, -0.15) is 0 Å². The highest BCUT2D eigenvalue weighted by Crippen LogP contribution is 2.25. The molecule has 0 aliphatic rings.